The normalized spacial score (nSPS) is 16.2. The summed E-state index contributed by atoms with van der Waals surface area (Å²) in [5.74, 6) is -0.492. The predicted molar refractivity (Wildman–Crippen MR) is 189 cm³/mol. The Morgan fingerprint density at radius 2 is 1.60 bits per heavy atom. The van der Waals surface area contributed by atoms with Gasteiger partial charge in [0.1, 0.15) is 17.3 Å². The third-order valence-corrected chi connectivity index (χ3v) is 9.41. The second-order valence-corrected chi connectivity index (χ2v) is 13.3. The van der Waals surface area contributed by atoms with Gasteiger partial charge in [-0.25, -0.2) is 13.8 Å². The van der Waals surface area contributed by atoms with Gasteiger partial charge in [0.25, 0.3) is 11.5 Å². The van der Waals surface area contributed by atoms with E-state index < -0.39 is 22.9 Å². The second-order valence-electron chi connectivity index (χ2n) is 13.3. The lowest BCUT2D eigenvalue weighted by Crippen LogP contribution is -2.48. The highest BCUT2D eigenvalue weighted by molar-refractivity contribution is 5.98. The van der Waals surface area contributed by atoms with Gasteiger partial charge < -0.3 is 15.1 Å². The first kappa shape index (κ1) is 35.1. The predicted octanol–water partition coefficient (Wildman–Crippen LogP) is 7.15. The topological polar surface area (TPSA) is 83.4 Å². The van der Waals surface area contributed by atoms with Crippen molar-refractivity contribution in [2.45, 2.75) is 73.3 Å². The molecule has 0 unspecified atom stereocenters. The molecule has 6 rings (SSSR count). The van der Waals surface area contributed by atoms with Gasteiger partial charge >= 0.3 is 0 Å². The standard InChI is InChI=1S/C36H42F2N6O2.C2H6/c1-22(2)21-39-35(46)25-9-8-24(4)28(20-25)32-27-10-11-31(45)44(33-29(37)6-5-7-30(33)38)34(27)41-36(40-32)43-18-14-26(15-19-43)42-16-12-23(3)13-17-42;1-2/h5-11,20,22-23,26H,12-19,21H2,1-4H3,(H,39,46);1-2H3. The molecule has 0 atom stereocenters. The van der Waals surface area contributed by atoms with E-state index in [0.29, 0.717) is 59.7 Å². The highest BCUT2D eigenvalue weighted by Crippen LogP contribution is 2.33. The lowest BCUT2D eigenvalue weighted by molar-refractivity contribution is 0.0949. The van der Waals surface area contributed by atoms with E-state index in [1.165, 1.54) is 25.0 Å². The first-order valence-electron chi connectivity index (χ1n) is 17.4. The molecule has 4 aromatic rings. The third-order valence-electron chi connectivity index (χ3n) is 9.41. The average Bonchev–Trinajstić information content (AvgIpc) is 3.09. The van der Waals surface area contributed by atoms with Crippen molar-refractivity contribution in [1.29, 1.82) is 0 Å². The number of amides is 1. The van der Waals surface area contributed by atoms with Crippen molar-refractivity contribution in [3.05, 3.63) is 81.6 Å². The number of aryl methyl sites for hydroxylation is 1. The Kier molecular flexibility index (Phi) is 11.2. The molecule has 10 heteroatoms. The maximum Gasteiger partial charge on any atom is 0.256 e. The third kappa shape index (κ3) is 7.43. The van der Waals surface area contributed by atoms with E-state index in [9.17, 15) is 9.59 Å². The summed E-state index contributed by atoms with van der Waals surface area (Å²) in [4.78, 5) is 41.0. The van der Waals surface area contributed by atoms with Crippen LogP contribution in [0.5, 0.6) is 0 Å². The molecule has 2 saturated heterocycles. The summed E-state index contributed by atoms with van der Waals surface area (Å²) in [6, 6.07) is 12.3. The Hall–Kier alpha value is -4.18. The Balaban J connectivity index is 0.00000221. The Morgan fingerprint density at radius 3 is 2.25 bits per heavy atom. The zero-order chi connectivity index (χ0) is 34.5. The van der Waals surface area contributed by atoms with Gasteiger partial charge in [-0.15, -0.1) is 0 Å². The van der Waals surface area contributed by atoms with E-state index in [4.69, 9.17) is 9.97 Å². The molecule has 1 N–H and O–H groups in total. The van der Waals surface area contributed by atoms with Crippen LogP contribution in [-0.4, -0.2) is 64.1 Å². The summed E-state index contributed by atoms with van der Waals surface area (Å²) in [6.45, 7) is 16.5. The number of hydrogen-bond acceptors (Lipinski definition) is 6. The number of nitrogens with zero attached hydrogens (tertiary/aromatic N) is 5. The minimum Gasteiger partial charge on any atom is -0.352 e. The minimum absolute atomic E-state index is 0.109. The number of anilines is 1. The molecule has 2 aliphatic heterocycles. The number of carbonyl (C=O) groups excluding carboxylic acids is 1. The first-order chi connectivity index (χ1) is 23.1. The molecule has 2 aromatic heterocycles. The van der Waals surface area contributed by atoms with Crippen molar-refractivity contribution >= 4 is 22.9 Å². The van der Waals surface area contributed by atoms with Crippen LogP contribution in [0.25, 0.3) is 28.0 Å². The van der Waals surface area contributed by atoms with Gasteiger partial charge in [0.05, 0.1) is 5.69 Å². The molecule has 2 aromatic carbocycles. The lowest BCUT2D eigenvalue weighted by Gasteiger charge is -2.41. The number of carbonyl (C=O) groups is 1. The van der Waals surface area contributed by atoms with Crippen molar-refractivity contribution in [1.82, 2.24) is 24.8 Å². The number of halogens is 2. The maximum atomic E-state index is 15.2. The number of benzene rings is 2. The van der Waals surface area contributed by atoms with Crippen LogP contribution >= 0.6 is 0 Å². The van der Waals surface area contributed by atoms with Crippen molar-refractivity contribution in [3.8, 4) is 16.9 Å². The molecule has 0 radical (unpaired) electrons. The molecule has 0 aliphatic carbocycles. The molecule has 0 spiro atoms. The second kappa shape index (κ2) is 15.4. The molecular formula is C38H48F2N6O2. The molecule has 0 saturated carbocycles. The van der Waals surface area contributed by atoms with Crippen LogP contribution < -0.4 is 15.8 Å². The summed E-state index contributed by atoms with van der Waals surface area (Å²) >= 11 is 0. The summed E-state index contributed by atoms with van der Waals surface area (Å²) in [5.41, 5.74) is 1.53. The summed E-state index contributed by atoms with van der Waals surface area (Å²) in [6.07, 6.45) is 4.32. The number of fused-ring (bicyclic) bond motifs is 1. The van der Waals surface area contributed by atoms with Crippen molar-refractivity contribution < 1.29 is 13.6 Å². The van der Waals surface area contributed by atoms with Gasteiger partial charge in [-0.2, -0.15) is 4.98 Å². The quantitative estimate of drug-likeness (QED) is 0.227. The van der Waals surface area contributed by atoms with E-state index in [0.717, 1.165) is 54.1 Å². The zero-order valence-corrected chi connectivity index (χ0v) is 29.0. The van der Waals surface area contributed by atoms with E-state index in [1.807, 2.05) is 40.7 Å². The van der Waals surface area contributed by atoms with Gasteiger partial charge in [-0.3, -0.25) is 14.2 Å². The van der Waals surface area contributed by atoms with Crippen molar-refractivity contribution in [2.24, 2.45) is 11.8 Å². The molecule has 48 heavy (non-hydrogen) atoms. The number of likely N-dealkylation sites (tertiary alicyclic amines) is 1. The van der Waals surface area contributed by atoms with E-state index in [2.05, 4.69) is 22.0 Å². The number of piperidine rings is 2. The van der Waals surface area contributed by atoms with Crippen LogP contribution in [0.4, 0.5) is 14.7 Å². The number of aromatic nitrogens is 3. The molecular weight excluding hydrogens is 610 g/mol. The monoisotopic (exact) mass is 658 g/mol. The van der Waals surface area contributed by atoms with E-state index in [1.54, 1.807) is 18.2 Å². The molecule has 1 amide bonds. The number of hydrogen-bond donors (Lipinski definition) is 1. The van der Waals surface area contributed by atoms with Crippen LogP contribution in [0.2, 0.25) is 0 Å². The number of rotatable bonds is 7. The Morgan fingerprint density at radius 1 is 0.938 bits per heavy atom. The summed E-state index contributed by atoms with van der Waals surface area (Å²) in [5, 5.41) is 3.42. The van der Waals surface area contributed by atoms with E-state index in [-0.39, 0.29) is 11.6 Å². The van der Waals surface area contributed by atoms with Crippen LogP contribution in [0, 0.1) is 30.4 Å². The largest absolute Gasteiger partial charge is 0.352 e. The highest BCUT2D eigenvalue weighted by Gasteiger charge is 2.29. The summed E-state index contributed by atoms with van der Waals surface area (Å²) < 4.78 is 31.4. The number of pyridine rings is 1. The Bertz CT molecular complexity index is 1790. The highest BCUT2D eigenvalue weighted by atomic mass is 19.1. The van der Waals surface area contributed by atoms with Crippen LogP contribution in [0.15, 0.2) is 53.3 Å². The summed E-state index contributed by atoms with van der Waals surface area (Å²) in [7, 11) is 0. The van der Waals surface area contributed by atoms with Crippen molar-refractivity contribution in [2.75, 3.05) is 37.6 Å². The molecule has 8 nitrogen and oxygen atoms in total. The van der Waals surface area contributed by atoms with Crippen molar-refractivity contribution in [3.63, 3.8) is 0 Å². The fourth-order valence-electron chi connectivity index (χ4n) is 6.61. The van der Waals surface area contributed by atoms with Crippen LogP contribution in [0.3, 0.4) is 0 Å². The minimum atomic E-state index is -0.868. The van der Waals surface area contributed by atoms with Gasteiger partial charge in [0, 0.05) is 48.3 Å². The lowest BCUT2D eigenvalue weighted by atomic mass is 9.95. The molecule has 256 valence electrons. The SMILES string of the molecule is CC.Cc1ccc(C(=O)NCC(C)C)cc1-c1nc(N2CCC(N3CCC(C)CC3)CC2)nc2c1ccc(=O)n2-c1c(F)cccc1F. The number of para-hydroxylation sites is 1. The molecule has 2 fully saturated rings. The maximum absolute atomic E-state index is 15.2. The molecule has 4 heterocycles. The molecule has 0 bridgehead atoms. The van der Waals surface area contributed by atoms with Gasteiger partial charge in [-0.1, -0.05) is 46.8 Å². The Labute approximate surface area is 282 Å². The fourth-order valence-corrected chi connectivity index (χ4v) is 6.61. The fraction of sp³-hybridized carbons (Fsp3) is 0.474. The van der Waals surface area contributed by atoms with Gasteiger partial charge in [0.15, 0.2) is 5.65 Å². The average molecular weight is 659 g/mol. The first-order valence-corrected chi connectivity index (χ1v) is 17.4. The smallest absolute Gasteiger partial charge is 0.256 e. The van der Waals surface area contributed by atoms with Gasteiger partial charge in [0.2, 0.25) is 5.95 Å². The zero-order valence-electron chi connectivity index (χ0n) is 29.0. The number of nitrogens with one attached hydrogen (secondary N) is 1. The molecule has 2 aliphatic rings. The van der Waals surface area contributed by atoms with E-state index >= 15 is 8.78 Å². The van der Waals surface area contributed by atoms with Crippen LogP contribution in [-0.2, 0) is 0 Å². The van der Waals surface area contributed by atoms with Crippen LogP contribution in [0.1, 0.15) is 76.2 Å². The van der Waals surface area contributed by atoms with Gasteiger partial charge in [-0.05, 0) is 93.4 Å².